The fourth-order valence-corrected chi connectivity index (χ4v) is 2.47. The van der Waals surface area contributed by atoms with Gasteiger partial charge < -0.3 is 10.1 Å². The van der Waals surface area contributed by atoms with Gasteiger partial charge in [-0.15, -0.1) is 0 Å². The number of carbonyl (C=O) groups excluding carboxylic acids is 1. The Morgan fingerprint density at radius 3 is 2.78 bits per heavy atom. The molecule has 0 aliphatic heterocycles. The highest BCUT2D eigenvalue weighted by Crippen LogP contribution is 2.13. The van der Waals surface area contributed by atoms with E-state index >= 15 is 0 Å². The summed E-state index contributed by atoms with van der Waals surface area (Å²) in [4.78, 5) is 11.5. The zero-order valence-electron chi connectivity index (χ0n) is 13.6. The summed E-state index contributed by atoms with van der Waals surface area (Å²) in [5.74, 6) is -0.722. The predicted molar refractivity (Wildman–Crippen MR) is 88.9 cm³/mol. The number of aryl methyl sites for hydroxylation is 2. The molecule has 0 aromatic heterocycles. The molecule has 0 aliphatic carbocycles. The molecule has 0 radical (unpaired) electrons. The molecule has 2 aromatic rings. The Morgan fingerprint density at radius 2 is 2.04 bits per heavy atom. The van der Waals surface area contributed by atoms with Crippen molar-refractivity contribution in [3.8, 4) is 0 Å². The minimum atomic E-state index is -0.441. The summed E-state index contributed by atoms with van der Waals surface area (Å²) in [6.07, 6.45) is 1.38. The third-order valence-electron chi connectivity index (χ3n) is 3.68. The summed E-state index contributed by atoms with van der Waals surface area (Å²) in [5, 5.41) is 3.35. The van der Waals surface area contributed by atoms with Crippen LogP contribution in [-0.4, -0.2) is 19.6 Å². The molecule has 0 bridgehead atoms. The summed E-state index contributed by atoms with van der Waals surface area (Å²) in [6, 6.07) is 12.7. The molecule has 0 amide bonds. The van der Waals surface area contributed by atoms with Crippen LogP contribution in [0.4, 0.5) is 4.39 Å². The Morgan fingerprint density at radius 1 is 1.22 bits per heavy atom. The van der Waals surface area contributed by atoms with Gasteiger partial charge in [-0.05, 0) is 55.6 Å². The van der Waals surface area contributed by atoms with Crippen molar-refractivity contribution in [3.63, 3.8) is 0 Å². The number of rotatable bonds is 7. The van der Waals surface area contributed by atoms with E-state index in [1.807, 2.05) is 6.07 Å². The van der Waals surface area contributed by atoms with Crippen molar-refractivity contribution in [3.05, 3.63) is 70.5 Å². The Balaban J connectivity index is 1.81. The van der Waals surface area contributed by atoms with E-state index in [-0.39, 0.29) is 5.82 Å². The van der Waals surface area contributed by atoms with Crippen molar-refractivity contribution in [2.24, 2.45) is 0 Å². The SMILES string of the molecule is COC(=O)c1ccc(F)c(CCCNCc2cccc(C)c2)c1. The Labute approximate surface area is 136 Å². The standard InChI is InChI=1S/C19H22FNO2/c1-14-5-3-6-15(11-14)13-21-10-4-7-16-12-17(19(22)23-2)8-9-18(16)20/h3,5-6,8-9,11-12,21H,4,7,10,13H2,1-2H3. The minimum Gasteiger partial charge on any atom is -0.465 e. The molecule has 0 saturated heterocycles. The lowest BCUT2D eigenvalue weighted by atomic mass is 10.1. The maximum Gasteiger partial charge on any atom is 0.337 e. The van der Waals surface area contributed by atoms with E-state index in [0.717, 1.165) is 19.5 Å². The van der Waals surface area contributed by atoms with E-state index in [1.165, 1.54) is 30.4 Å². The fraction of sp³-hybridized carbons (Fsp3) is 0.316. The molecule has 0 spiro atoms. The van der Waals surface area contributed by atoms with Crippen molar-refractivity contribution >= 4 is 5.97 Å². The van der Waals surface area contributed by atoms with Crippen molar-refractivity contribution in [2.75, 3.05) is 13.7 Å². The molecule has 0 fully saturated rings. The molecular weight excluding hydrogens is 293 g/mol. The van der Waals surface area contributed by atoms with Crippen LogP contribution in [0.3, 0.4) is 0 Å². The first-order valence-electron chi connectivity index (χ1n) is 7.73. The van der Waals surface area contributed by atoms with Crippen LogP contribution in [-0.2, 0) is 17.7 Å². The Kier molecular flexibility index (Phi) is 6.29. The molecule has 4 heteroatoms. The first kappa shape index (κ1) is 17.2. The quantitative estimate of drug-likeness (QED) is 0.626. The van der Waals surface area contributed by atoms with Crippen molar-refractivity contribution in [2.45, 2.75) is 26.3 Å². The molecule has 3 nitrogen and oxygen atoms in total. The number of benzene rings is 2. The van der Waals surface area contributed by atoms with Gasteiger partial charge in [0.2, 0.25) is 0 Å². The van der Waals surface area contributed by atoms with Crippen LogP contribution in [0.15, 0.2) is 42.5 Å². The highest BCUT2D eigenvalue weighted by atomic mass is 19.1. The lowest BCUT2D eigenvalue weighted by molar-refractivity contribution is 0.0600. The molecule has 0 saturated carbocycles. The van der Waals surface area contributed by atoms with E-state index in [9.17, 15) is 9.18 Å². The molecular formula is C19H22FNO2. The minimum absolute atomic E-state index is 0.281. The van der Waals surface area contributed by atoms with E-state index in [4.69, 9.17) is 0 Å². The zero-order chi connectivity index (χ0) is 16.7. The molecule has 0 atom stereocenters. The van der Waals surface area contributed by atoms with Gasteiger partial charge in [-0.1, -0.05) is 29.8 Å². The van der Waals surface area contributed by atoms with Gasteiger partial charge in [0, 0.05) is 6.54 Å². The van der Waals surface area contributed by atoms with E-state index in [2.05, 4.69) is 35.2 Å². The van der Waals surface area contributed by atoms with Gasteiger partial charge in [-0.25, -0.2) is 9.18 Å². The second-order valence-corrected chi connectivity index (χ2v) is 5.57. The topological polar surface area (TPSA) is 38.3 Å². The van der Waals surface area contributed by atoms with Crippen LogP contribution in [0.5, 0.6) is 0 Å². The number of methoxy groups -OCH3 is 1. The van der Waals surface area contributed by atoms with Gasteiger partial charge in [0.1, 0.15) is 5.82 Å². The molecule has 2 rings (SSSR count). The van der Waals surface area contributed by atoms with Crippen LogP contribution < -0.4 is 5.32 Å². The van der Waals surface area contributed by atoms with Gasteiger partial charge in [0.15, 0.2) is 0 Å². The number of esters is 1. The molecule has 23 heavy (non-hydrogen) atoms. The van der Waals surface area contributed by atoms with Gasteiger partial charge in [0.25, 0.3) is 0 Å². The van der Waals surface area contributed by atoms with Crippen LogP contribution in [0.2, 0.25) is 0 Å². The van der Waals surface area contributed by atoms with Gasteiger partial charge >= 0.3 is 5.97 Å². The molecule has 0 heterocycles. The third-order valence-corrected chi connectivity index (χ3v) is 3.68. The number of halogens is 1. The van der Waals surface area contributed by atoms with E-state index in [0.29, 0.717) is 17.5 Å². The zero-order valence-corrected chi connectivity index (χ0v) is 13.6. The summed E-state index contributed by atoms with van der Waals surface area (Å²) >= 11 is 0. The number of hydrogen-bond acceptors (Lipinski definition) is 3. The van der Waals surface area contributed by atoms with Gasteiger partial charge in [0.05, 0.1) is 12.7 Å². The number of nitrogens with one attached hydrogen (secondary N) is 1. The Bertz CT molecular complexity index is 670. The van der Waals surface area contributed by atoms with Crippen LogP contribution >= 0.6 is 0 Å². The summed E-state index contributed by atoms with van der Waals surface area (Å²) in [6.45, 7) is 3.66. The number of carbonyl (C=O) groups is 1. The first-order chi connectivity index (χ1) is 11.1. The molecule has 1 N–H and O–H groups in total. The van der Waals surface area contributed by atoms with Crippen molar-refractivity contribution in [1.29, 1.82) is 0 Å². The normalized spacial score (nSPS) is 10.6. The summed E-state index contributed by atoms with van der Waals surface area (Å²) < 4.78 is 18.4. The second-order valence-electron chi connectivity index (χ2n) is 5.57. The molecule has 0 aliphatic rings. The van der Waals surface area contributed by atoms with Crippen molar-refractivity contribution in [1.82, 2.24) is 5.32 Å². The second kappa shape index (κ2) is 8.44. The summed E-state index contributed by atoms with van der Waals surface area (Å²) in [7, 11) is 1.32. The van der Waals surface area contributed by atoms with Gasteiger partial charge in [-0.3, -0.25) is 0 Å². The van der Waals surface area contributed by atoms with Crippen molar-refractivity contribution < 1.29 is 13.9 Å². The number of ether oxygens (including phenoxy) is 1. The highest BCUT2D eigenvalue weighted by Gasteiger charge is 2.09. The maximum absolute atomic E-state index is 13.8. The van der Waals surface area contributed by atoms with Crippen LogP contribution in [0, 0.1) is 12.7 Å². The van der Waals surface area contributed by atoms with E-state index in [1.54, 1.807) is 6.07 Å². The highest BCUT2D eigenvalue weighted by molar-refractivity contribution is 5.89. The molecule has 122 valence electrons. The van der Waals surface area contributed by atoms with Gasteiger partial charge in [-0.2, -0.15) is 0 Å². The molecule has 0 unspecified atom stereocenters. The third kappa shape index (κ3) is 5.18. The maximum atomic E-state index is 13.8. The lowest BCUT2D eigenvalue weighted by Gasteiger charge is -2.08. The Hall–Kier alpha value is -2.20. The summed E-state index contributed by atoms with van der Waals surface area (Å²) in [5.41, 5.74) is 3.41. The largest absolute Gasteiger partial charge is 0.465 e. The first-order valence-corrected chi connectivity index (χ1v) is 7.73. The average molecular weight is 315 g/mol. The lowest BCUT2D eigenvalue weighted by Crippen LogP contribution is -2.15. The fourth-order valence-electron chi connectivity index (χ4n) is 2.47. The van der Waals surface area contributed by atoms with Crippen LogP contribution in [0.25, 0.3) is 0 Å². The predicted octanol–water partition coefficient (Wildman–Crippen LogP) is 3.64. The monoisotopic (exact) mass is 315 g/mol. The number of hydrogen-bond donors (Lipinski definition) is 1. The average Bonchev–Trinajstić information content (AvgIpc) is 2.55. The van der Waals surface area contributed by atoms with Crippen LogP contribution in [0.1, 0.15) is 33.5 Å². The van der Waals surface area contributed by atoms with E-state index < -0.39 is 5.97 Å². The molecule has 2 aromatic carbocycles. The smallest absolute Gasteiger partial charge is 0.337 e.